The average Bonchev–Trinajstić information content (AvgIpc) is 2.95. The van der Waals surface area contributed by atoms with E-state index in [4.69, 9.17) is 0 Å². The molecule has 1 nitrogen and oxygen atoms in total. The largest absolute Gasteiger partial charge is 0.416 e. The molecule has 4 rings (SSSR count). The van der Waals surface area contributed by atoms with Gasteiger partial charge in [0.15, 0.2) is 5.78 Å². The standard InChI is InChI=1S/C22H13F3O/c23-22(24,25)16-10-6-9-15(13-16)19-17-11-4-5-12-18(17)21(26)20(19)14-7-2-1-3-8-14/h1-13H. The number of alkyl halides is 3. The van der Waals surface area contributed by atoms with Gasteiger partial charge >= 0.3 is 6.18 Å². The number of carbonyl (C=O) groups is 1. The summed E-state index contributed by atoms with van der Waals surface area (Å²) in [5.74, 6) is -0.167. The fourth-order valence-corrected chi connectivity index (χ4v) is 3.31. The second kappa shape index (κ2) is 5.99. The number of fused-ring (bicyclic) bond motifs is 1. The van der Waals surface area contributed by atoms with Crippen LogP contribution in [0.2, 0.25) is 0 Å². The van der Waals surface area contributed by atoms with Crippen molar-refractivity contribution in [1.29, 1.82) is 0 Å². The van der Waals surface area contributed by atoms with Gasteiger partial charge in [0, 0.05) is 16.7 Å². The van der Waals surface area contributed by atoms with Crippen LogP contribution in [0.4, 0.5) is 13.2 Å². The zero-order valence-electron chi connectivity index (χ0n) is 13.5. The van der Waals surface area contributed by atoms with Crippen molar-refractivity contribution >= 4 is 16.9 Å². The van der Waals surface area contributed by atoms with Crippen molar-refractivity contribution in [3.05, 3.63) is 107 Å². The zero-order valence-corrected chi connectivity index (χ0v) is 13.5. The van der Waals surface area contributed by atoms with Gasteiger partial charge in [0.25, 0.3) is 0 Å². The first kappa shape index (κ1) is 16.3. The Bertz CT molecular complexity index is 1030. The zero-order chi connectivity index (χ0) is 18.3. The van der Waals surface area contributed by atoms with Crippen LogP contribution in [0.3, 0.4) is 0 Å². The molecule has 0 aliphatic heterocycles. The highest BCUT2D eigenvalue weighted by atomic mass is 19.4. The van der Waals surface area contributed by atoms with Crippen LogP contribution in [0, 0.1) is 0 Å². The van der Waals surface area contributed by atoms with Crippen LogP contribution in [0.1, 0.15) is 32.6 Å². The number of carbonyl (C=O) groups excluding carboxylic acids is 1. The number of halogens is 3. The molecule has 0 fully saturated rings. The number of hydrogen-bond acceptors (Lipinski definition) is 1. The molecule has 0 bridgehead atoms. The van der Waals surface area contributed by atoms with Crippen LogP contribution in [0.25, 0.3) is 11.1 Å². The van der Waals surface area contributed by atoms with Crippen molar-refractivity contribution < 1.29 is 18.0 Å². The second-order valence-electron chi connectivity index (χ2n) is 6.07. The molecule has 0 N–H and O–H groups in total. The summed E-state index contributed by atoms with van der Waals surface area (Å²) in [6.45, 7) is 0. The van der Waals surface area contributed by atoms with E-state index < -0.39 is 11.7 Å². The summed E-state index contributed by atoms with van der Waals surface area (Å²) in [5.41, 5.74) is 2.51. The van der Waals surface area contributed by atoms with E-state index in [1.165, 1.54) is 6.07 Å². The van der Waals surface area contributed by atoms with Crippen molar-refractivity contribution in [1.82, 2.24) is 0 Å². The van der Waals surface area contributed by atoms with E-state index >= 15 is 0 Å². The van der Waals surface area contributed by atoms with Crippen molar-refractivity contribution in [2.24, 2.45) is 0 Å². The molecule has 0 amide bonds. The van der Waals surface area contributed by atoms with E-state index in [1.54, 1.807) is 42.5 Å². The first-order chi connectivity index (χ1) is 12.5. The summed E-state index contributed by atoms with van der Waals surface area (Å²) in [7, 11) is 0. The number of benzene rings is 3. The smallest absolute Gasteiger partial charge is 0.289 e. The highest BCUT2D eigenvalue weighted by Gasteiger charge is 2.34. The molecular weight excluding hydrogens is 337 g/mol. The molecule has 0 atom stereocenters. The molecule has 26 heavy (non-hydrogen) atoms. The Morgan fingerprint density at radius 1 is 0.615 bits per heavy atom. The van der Waals surface area contributed by atoms with Crippen molar-refractivity contribution in [2.75, 3.05) is 0 Å². The summed E-state index contributed by atoms with van der Waals surface area (Å²) in [6.07, 6.45) is -4.44. The number of hydrogen-bond donors (Lipinski definition) is 0. The van der Waals surface area contributed by atoms with Crippen LogP contribution in [-0.4, -0.2) is 5.78 Å². The minimum atomic E-state index is -4.44. The fourth-order valence-electron chi connectivity index (χ4n) is 3.31. The SMILES string of the molecule is O=C1C(c2ccccc2)=C(c2cccc(C(F)(F)F)c2)c2ccccc21. The fraction of sp³-hybridized carbons (Fsp3) is 0.0455. The Kier molecular flexibility index (Phi) is 3.76. The number of ketones is 1. The topological polar surface area (TPSA) is 17.1 Å². The third-order valence-electron chi connectivity index (χ3n) is 4.46. The van der Waals surface area contributed by atoms with Gasteiger partial charge in [-0.05, 0) is 28.8 Å². The van der Waals surface area contributed by atoms with Gasteiger partial charge in [0.05, 0.1) is 5.56 Å². The van der Waals surface area contributed by atoms with E-state index in [0.29, 0.717) is 33.4 Å². The first-order valence-corrected chi connectivity index (χ1v) is 8.08. The minimum Gasteiger partial charge on any atom is -0.289 e. The summed E-state index contributed by atoms with van der Waals surface area (Å²) >= 11 is 0. The molecule has 0 aromatic heterocycles. The molecule has 0 saturated carbocycles. The Labute approximate surface area is 148 Å². The second-order valence-corrected chi connectivity index (χ2v) is 6.07. The van der Waals surface area contributed by atoms with E-state index in [1.807, 2.05) is 18.2 Å². The van der Waals surface area contributed by atoms with Gasteiger partial charge in [0.1, 0.15) is 0 Å². The lowest BCUT2D eigenvalue weighted by atomic mass is 9.93. The summed E-state index contributed by atoms with van der Waals surface area (Å²) in [5, 5.41) is 0. The molecular formula is C22H13F3O. The lowest BCUT2D eigenvalue weighted by Gasteiger charge is -2.12. The molecule has 0 saturated heterocycles. The maximum atomic E-state index is 13.2. The van der Waals surface area contributed by atoms with Crippen LogP contribution < -0.4 is 0 Å². The molecule has 0 unspecified atom stereocenters. The number of rotatable bonds is 2. The first-order valence-electron chi connectivity index (χ1n) is 8.08. The molecule has 0 heterocycles. The van der Waals surface area contributed by atoms with E-state index in [9.17, 15) is 18.0 Å². The number of allylic oxidation sites excluding steroid dienone is 1. The average molecular weight is 350 g/mol. The summed E-state index contributed by atoms with van der Waals surface area (Å²) < 4.78 is 39.5. The van der Waals surface area contributed by atoms with Crippen molar-refractivity contribution in [3.8, 4) is 0 Å². The number of Topliss-reactive ketones (excluding diaryl/α,β-unsaturated/α-hetero) is 1. The normalized spacial score (nSPS) is 13.9. The minimum absolute atomic E-state index is 0.167. The van der Waals surface area contributed by atoms with Gasteiger partial charge in [-0.2, -0.15) is 13.2 Å². The molecule has 3 aromatic carbocycles. The Morgan fingerprint density at radius 2 is 1.23 bits per heavy atom. The molecule has 3 aromatic rings. The van der Waals surface area contributed by atoms with Gasteiger partial charge in [0.2, 0.25) is 0 Å². The van der Waals surface area contributed by atoms with Crippen molar-refractivity contribution in [2.45, 2.75) is 6.18 Å². The van der Waals surface area contributed by atoms with Crippen LogP contribution in [-0.2, 0) is 6.18 Å². The van der Waals surface area contributed by atoms with E-state index in [0.717, 1.165) is 12.1 Å². The third kappa shape index (κ3) is 2.64. The maximum Gasteiger partial charge on any atom is 0.416 e. The summed E-state index contributed by atoms with van der Waals surface area (Å²) in [6, 6.07) is 21.2. The molecule has 0 spiro atoms. The molecule has 128 valence electrons. The van der Waals surface area contributed by atoms with Crippen molar-refractivity contribution in [3.63, 3.8) is 0 Å². The summed E-state index contributed by atoms with van der Waals surface area (Å²) in [4.78, 5) is 13.0. The molecule has 1 aliphatic carbocycles. The van der Waals surface area contributed by atoms with Gasteiger partial charge in [-0.1, -0.05) is 66.7 Å². The van der Waals surface area contributed by atoms with Crippen LogP contribution >= 0.6 is 0 Å². The maximum absolute atomic E-state index is 13.2. The van der Waals surface area contributed by atoms with E-state index in [2.05, 4.69) is 0 Å². The highest BCUT2D eigenvalue weighted by Crippen LogP contribution is 2.43. The lowest BCUT2D eigenvalue weighted by Crippen LogP contribution is -2.05. The highest BCUT2D eigenvalue weighted by molar-refractivity contribution is 6.41. The monoisotopic (exact) mass is 350 g/mol. The van der Waals surface area contributed by atoms with Gasteiger partial charge in [-0.15, -0.1) is 0 Å². The lowest BCUT2D eigenvalue weighted by molar-refractivity contribution is -0.137. The predicted molar refractivity (Wildman–Crippen MR) is 94.6 cm³/mol. The molecule has 4 heteroatoms. The van der Waals surface area contributed by atoms with E-state index in [-0.39, 0.29) is 5.78 Å². The van der Waals surface area contributed by atoms with Gasteiger partial charge < -0.3 is 0 Å². The quantitative estimate of drug-likeness (QED) is 0.566. The van der Waals surface area contributed by atoms with Crippen LogP contribution in [0.5, 0.6) is 0 Å². The Balaban J connectivity index is 2.01. The Morgan fingerprint density at radius 3 is 1.92 bits per heavy atom. The molecule has 1 aliphatic rings. The molecule has 0 radical (unpaired) electrons. The third-order valence-corrected chi connectivity index (χ3v) is 4.46. The Hall–Kier alpha value is -3.14. The predicted octanol–water partition coefficient (Wildman–Crippen LogP) is 5.86. The van der Waals surface area contributed by atoms with Gasteiger partial charge in [-0.25, -0.2) is 0 Å². The van der Waals surface area contributed by atoms with Gasteiger partial charge in [-0.3, -0.25) is 4.79 Å². The van der Waals surface area contributed by atoms with Crippen LogP contribution in [0.15, 0.2) is 78.9 Å².